The van der Waals surface area contributed by atoms with Crippen LogP contribution in [0.5, 0.6) is 0 Å². The van der Waals surface area contributed by atoms with Crippen molar-refractivity contribution in [2.75, 3.05) is 0 Å². The monoisotopic (exact) mass is 500 g/mol. The Kier molecular flexibility index (Phi) is 7.09. The van der Waals surface area contributed by atoms with E-state index in [0.29, 0.717) is 5.30 Å². The average Bonchev–Trinajstić information content (AvgIpc) is 2.92. The van der Waals surface area contributed by atoms with E-state index in [9.17, 15) is 8.78 Å². The number of rotatable bonds is 6. The van der Waals surface area contributed by atoms with Crippen molar-refractivity contribution in [3.8, 4) is 0 Å². The lowest BCUT2D eigenvalue weighted by Crippen LogP contribution is -2.38. The van der Waals surface area contributed by atoms with E-state index in [4.69, 9.17) is 0 Å². The molecule has 0 nitrogen and oxygen atoms in total. The second-order valence-electron chi connectivity index (χ2n) is 7.87. The van der Waals surface area contributed by atoms with Gasteiger partial charge in [-0.2, -0.15) is 0 Å². The Bertz CT molecular complexity index is 1330. The van der Waals surface area contributed by atoms with Crippen LogP contribution >= 0.6 is 15.8 Å². The summed E-state index contributed by atoms with van der Waals surface area (Å²) >= 11 is 0. The Morgan fingerprint density at radius 1 is 0.400 bits per heavy atom. The summed E-state index contributed by atoms with van der Waals surface area (Å²) in [6.45, 7) is 0. The minimum atomic E-state index is -1.49. The molecular weight excluding hydrogens is 479 g/mol. The van der Waals surface area contributed by atoms with Crippen LogP contribution in [0.2, 0.25) is 0 Å². The molecule has 5 heteroatoms. The zero-order valence-corrected chi connectivity index (χ0v) is 20.4. The lowest BCUT2D eigenvalue weighted by atomic mass is 10.3. The van der Waals surface area contributed by atoms with Gasteiger partial charge in [0.15, 0.2) is 17.5 Å². The van der Waals surface area contributed by atoms with Crippen LogP contribution < -0.4 is 31.8 Å². The third-order valence-electron chi connectivity index (χ3n) is 5.64. The molecular formula is C30H21F3P2. The minimum absolute atomic E-state index is 0.232. The maximum atomic E-state index is 15.9. The van der Waals surface area contributed by atoms with Gasteiger partial charge < -0.3 is 0 Å². The molecule has 0 spiro atoms. The van der Waals surface area contributed by atoms with E-state index in [0.717, 1.165) is 21.2 Å². The molecule has 172 valence electrons. The Morgan fingerprint density at radius 2 is 0.743 bits per heavy atom. The summed E-state index contributed by atoms with van der Waals surface area (Å²) in [5, 5.41) is 4.35. The van der Waals surface area contributed by atoms with Crippen molar-refractivity contribution >= 4 is 47.7 Å². The van der Waals surface area contributed by atoms with E-state index < -0.39 is 33.3 Å². The van der Waals surface area contributed by atoms with E-state index in [1.807, 2.05) is 121 Å². The van der Waals surface area contributed by atoms with Gasteiger partial charge in [-0.1, -0.05) is 121 Å². The fourth-order valence-electron chi connectivity index (χ4n) is 4.10. The largest absolute Gasteiger partial charge is 0.204 e. The number of halogens is 3. The Hall–Kier alpha value is -3.25. The van der Waals surface area contributed by atoms with Gasteiger partial charge in [0, 0.05) is 5.30 Å². The van der Waals surface area contributed by atoms with E-state index in [-0.39, 0.29) is 5.30 Å². The summed E-state index contributed by atoms with van der Waals surface area (Å²) in [6, 6.07) is 39.6. The Morgan fingerprint density at radius 3 is 1.11 bits per heavy atom. The van der Waals surface area contributed by atoms with Gasteiger partial charge in [-0.15, -0.1) is 0 Å². The van der Waals surface area contributed by atoms with Crippen LogP contribution in [0.25, 0.3) is 0 Å². The molecule has 0 saturated carbocycles. The van der Waals surface area contributed by atoms with Gasteiger partial charge in [0.2, 0.25) is 0 Å². The van der Waals surface area contributed by atoms with Gasteiger partial charge in [0.05, 0.1) is 0 Å². The van der Waals surface area contributed by atoms with Crippen molar-refractivity contribution in [1.29, 1.82) is 0 Å². The van der Waals surface area contributed by atoms with Gasteiger partial charge in [-0.05, 0) is 48.4 Å². The molecule has 0 fully saturated rings. The molecule has 0 saturated heterocycles. The molecule has 0 aliphatic carbocycles. The van der Waals surface area contributed by atoms with E-state index in [1.165, 1.54) is 6.07 Å². The van der Waals surface area contributed by atoms with Crippen LogP contribution in [0.4, 0.5) is 13.2 Å². The molecule has 0 heterocycles. The van der Waals surface area contributed by atoms with Gasteiger partial charge in [0.1, 0.15) is 0 Å². The first-order valence-corrected chi connectivity index (χ1v) is 13.8. The Labute approximate surface area is 205 Å². The molecule has 5 aromatic rings. The van der Waals surface area contributed by atoms with Gasteiger partial charge in [-0.3, -0.25) is 0 Å². The van der Waals surface area contributed by atoms with E-state index >= 15 is 4.39 Å². The van der Waals surface area contributed by atoms with Gasteiger partial charge in [0.25, 0.3) is 0 Å². The van der Waals surface area contributed by atoms with Crippen LogP contribution in [0.3, 0.4) is 0 Å². The lowest BCUT2D eigenvalue weighted by molar-refractivity contribution is 0.452. The number of benzene rings is 5. The van der Waals surface area contributed by atoms with Crippen molar-refractivity contribution in [3.63, 3.8) is 0 Å². The summed E-state index contributed by atoms with van der Waals surface area (Å²) in [5.41, 5.74) is 0. The first-order valence-electron chi connectivity index (χ1n) is 11.1. The summed E-state index contributed by atoms with van der Waals surface area (Å²) in [7, 11) is -2.85. The third kappa shape index (κ3) is 4.80. The quantitative estimate of drug-likeness (QED) is 0.210. The molecule has 0 amide bonds. The van der Waals surface area contributed by atoms with Crippen LogP contribution in [-0.4, -0.2) is 0 Å². The lowest BCUT2D eigenvalue weighted by Gasteiger charge is -2.28. The average molecular weight is 500 g/mol. The predicted molar refractivity (Wildman–Crippen MR) is 144 cm³/mol. The minimum Gasteiger partial charge on any atom is -0.204 e. The van der Waals surface area contributed by atoms with Crippen LogP contribution in [-0.2, 0) is 0 Å². The van der Waals surface area contributed by atoms with Crippen molar-refractivity contribution in [1.82, 2.24) is 0 Å². The Balaban J connectivity index is 1.85. The normalized spacial score (nSPS) is 11.2. The number of hydrogen-bond donors (Lipinski definition) is 0. The zero-order valence-electron chi connectivity index (χ0n) is 18.7. The van der Waals surface area contributed by atoms with Crippen molar-refractivity contribution in [3.05, 3.63) is 145 Å². The first-order chi connectivity index (χ1) is 17.1. The summed E-state index contributed by atoms with van der Waals surface area (Å²) < 4.78 is 45.7. The second-order valence-corrected chi connectivity index (χ2v) is 12.2. The van der Waals surface area contributed by atoms with Gasteiger partial charge in [-0.25, -0.2) is 13.2 Å². The van der Waals surface area contributed by atoms with Crippen molar-refractivity contribution in [2.45, 2.75) is 0 Å². The highest BCUT2D eigenvalue weighted by atomic mass is 31.1. The summed E-state index contributed by atoms with van der Waals surface area (Å²) in [5.74, 6) is -3.71. The second kappa shape index (κ2) is 10.6. The van der Waals surface area contributed by atoms with Crippen LogP contribution in [0, 0.1) is 17.5 Å². The van der Waals surface area contributed by atoms with Crippen molar-refractivity contribution in [2.24, 2.45) is 0 Å². The molecule has 35 heavy (non-hydrogen) atoms. The van der Waals surface area contributed by atoms with Crippen LogP contribution in [0.15, 0.2) is 127 Å². The fraction of sp³-hybridized carbons (Fsp3) is 0. The van der Waals surface area contributed by atoms with E-state index in [1.54, 1.807) is 0 Å². The molecule has 0 radical (unpaired) electrons. The molecule has 0 aromatic heterocycles. The predicted octanol–water partition coefficient (Wildman–Crippen LogP) is 5.62. The summed E-state index contributed by atoms with van der Waals surface area (Å²) in [4.78, 5) is 0. The highest BCUT2D eigenvalue weighted by Gasteiger charge is 2.32. The molecule has 5 rings (SSSR count). The third-order valence-corrected chi connectivity index (χ3v) is 10.8. The van der Waals surface area contributed by atoms with Crippen molar-refractivity contribution < 1.29 is 13.2 Å². The highest BCUT2D eigenvalue weighted by Crippen LogP contribution is 2.40. The smallest absolute Gasteiger partial charge is 0.195 e. The first kappa shape index (κ1) is 23.5. The summed E-state index contributed by atoms with van der Waals surface area (Å²) in [6.07, 6.45) is 0. The molecule has 0 aliphatic heterocycles. The molecule has 0 unspecified atom stereocenters. The molecule has 0 N–H and O–H groups in total. The maximum absolute atomic E-state index is 15.9. The number of hydrogen-bond acceptors (Lipinski definition) is 0. The fourth-order valence-corrected chi connectivity index (χ4v) is 9.39. The zero-order chi connectivity index (χ0) is 24.2. The van der Waals surface area contributed by atoms with Crippen LogP contribution in [0.1, 0.15) is 0 Å². The molecule has 0 atom stereocenters. The molecule has 0 aliphatic rings. The maximum Gasteiger partial charge on any atom is 0.195 e. The SMILES string of the molecule is Fc1cc(P(c2ccccc2)c2ccccc2)c(P(c2ccccc2)c2ccccc2)c(F)c1F. The topological polar surface area (TPSA) is 0 Å². The molecule has 5 aromatic carbocycles. The highest BCUT2D eigenvalue weighted by molar-refractivity contribution is 7.85. The standard InChI is InChI=1S/C30H21F3P2/c31-26-21-27(34(22-13-5-1-6-14-22)23-15-7-2-8-16-23)30(29(33)28(26)32)35(24-17-9-3-10-18-24)25-19-11-4-12-20-25/h1-21H. The van der Waals surface area contributed by atoms with Gasteiger partial charge >= 0.3 is 0 Å². The molecule has 0 bridgehead atoms. The van der Waals surface area contributed by atoms with E-state index in [2.05, 4.69) is 0 Å².